The lowest BCUT2D eigenvalue weighted by atomic mass is 10.2. The number of pyridine rings is 2. The smallest absolute Gasteiger partial charge is 0.330 e. The second kappa shape index (κ2) is 44.3. The zero-order valence-electron chi connectivity index (χ0n) is 97.6. The molecule has 0 aliphatic heterocycles. The molecule has 0 amide bonds. The summed E-state index contributed by atoms with van der Waals surface area (Å²) >= 11 is 1.64. The highest BCUT2D eigenvalue weighted by Gasteiger charge is 2.65. The van der Waals surface area contributed by atoms with E-state index >= 15 is 28.8 Å². The van der Waals surface area contributed by atoms with Crippen LogP contribution in [-0.4, -0.2) is 86.7 Å². The Morgan fingerprint density at radius 3 is 1.17 bits per heavy atom. The Morgan fingerprint density at radius 2 is 0.734 bits per heavy atom. The molecule has 4 aromatic carbocycles. The van der Waals surface area contributed by atoms with Gasteiger partial charge in [0.1, 0.15) is 22.1 Å². The maximum absolute atomic E-state index is 16.5. The molecule has 9 heterocycles. The monoisotopic (exact) mass is 2220 g/mol. The molecule has 794 valence electrons. The molecule has 24 heteroatoms. The maximum atomic E-state index is 16.5. The summed E-state index contributed by atoms with van der Waals surface area (Å²) in [5.74, 6) is 0.941. The largest absolute Gasteiger partial charge is 1.00 e. The lowest BCUT2D eigenvalue weighted by Crippen LogP contribution is -3.00. The Balaban J connectivity index is 0.000000255. The van der Waals surface area contributed by atoms with Gasteiger partial charge in [0.05, 0.1) is 25.7 Å². The fourth-order valence-corrected chi connectivity index (χ4v) is 59.4. The highest BCUT2D eigenvalue weighted by atomic mass is 127. The predicted octanol–water partition coefficient (Wildman–Crippen LogP) is 31.4. The topological polar surface area (TPSA) is 54.6 Å². The van der Waals surface area contributed by atoms with Crippen LogP contribution in [0.1, 0.15) is 328 Å². The van der Waals surface area contributed by atoms with Crippen LogP contribution in [0.15, 0.2) is 205 Å². The van der Waals surface area contributed by atoms with Gasteiger partial charge in [-0.3, -0.25) is 0 Å². The fourth-order valence-electron chi connectivity index (χ4n) is 23.9. The first-order chi connectivity index (χ1) is 64.1. The molecule has 0 N–H and O–H groups in total. The van der Waals surface area contributed by atoms with Crippen LogP contribution < -0.4 is 64.9 Å². The van der Waals surface area contributed by atoms with Crippen molar-refractivity contribution in [2.45, 2.75) is 400 Å². The van der Waals surface area contributed by atoms with Crippen LogP contribution in [0.2, 0.25) is 70.5 Å². The van der Waals surface area contributed by atoms with Gasteiger partial charge in [-0.25, -0.2) is 14.1 Å². The van der Waals surface area contributed by atoms with Gasteiger partial charge in [-0.2, -0.15) is 0 Å². The summed E-state index contributed by atoms with van der Waals surface area (Å²) in [5.41, 5.74) is 5.39. The molecule has 0 unspecified atom stereocenters. The first-order valence-electron chi connectivity index (χ1n) is 51.6. The van der Waals surface area contributed by atoms with E-state index < -0.39 is 58.9 Å². The van der Waals surface area contributed by atoms with Gasteiger partial charge in [0, 0.05) is 99.7 Å². The van der Waals surface area contributed by atoms with Crippen molar-refractivity contribution in [2.24, 2.45) is 35.2 Å². The van der Waals surface area contributed by atoms with E-state index in [4.69, 9.17) is 4.42 Å². The molecule has 9 aromatic heterocycles. The van der Waals surface area contributed by atoms with Crippen molar-refractivity contribution < 1.29 is 61.7 Å². The molecular formula is C119H187F7IN7OSSi7. The Labute approximate surface area is 890 Å². The maximum Gasteiger partial charge on any atom is 0.330 e. The zero-order valence-corrected chi connectivity index (χ0v) is 108. The minimum absolute atomic E-state index is 0. The number of thiophene rings is 1. The molecule has 0 saturated carbocycles. The summed E-state index contributed by atoms with van der Waals surface area (Å²) in [6.07, 6.45) is 12.3. The lowest BCUT2D eigenvalue weighted by molar-refractivity contribution is -0.647. The third-order valence-corrected chi connectivity index (χ3v) is 68.5. The van der Waals surface area contributed by atoms with Crippen molar-refractivity contribution in [1.82, 2.24) is 27.8 Å². The zero-order chi connectivity index (χ0) is 109. The SMILES string of the molecule is CC(C)(C)[Si](F)(c1cc2ccccc2s1)C(C)(C)C.CC(C)(C)[Si](F)(c1cccn1Cc1ccccc1)C(C)(C)C.CCCCCc1ccc([Si](F)(C(C)(C)C)C(C)(C)C)o1.Cn1c([Si](F)(C(C)(C)C)C(C)(C)C)cc2ccc[n+](C)c21.Cn1c([Si](F)(C(C)(C)C)C(C)(C)C)cc2ccccc21.Cn1c([Si](F)(C(C)(C)C)C(C)(C)C)cc2cccnc21.Cn1cc([Si](F)(C(C)(C)C)C(C)(C)C)c2ccccc21.[I-]. The van der Waals surface area contributed by atoms with Gasteiger partial charge in [0.25, 0.3) is 22.5 Å². The average Bonchev–Trinajstić information content (AvgIpc) is 1.59. The molecule has 13 aromatic rings. The van der Waals surface area contributed by atoms with Gasteiger partial charge < -0.3 is 75.4 Å². The van der Waals surface area contributed by atoms with E-state index in [-0.39, 0.29) is 94.5 Å². The van der Waals surface area contributed by atoms with Gasteiger partial charge >= 0.3 is 42.0 Å². The molecule has 0 radical (unpaired) electrons. The second-order valence-electron chi connectivity index (χ2n) is 54.8. The van der Waals surface area contributed by atoms with Gasteiger partial charge in [0.15, 0.2) is 0 Å². The fraction of sp³-hybridized carbons (Fsp3) is 0.563. The second-order valence-corrected chi connectivity index (χ2v) is 90.1. The number of rotatable bonds is 13. The third kappa shape index (κ3) is 24.9. The van der Waals surface area contributed by atoms with Crippen LogP contribution in [0, 0.1) is 0 Å². The molecule has 0 fully saturated rings. The number of aryl methyl sites for hydroxylation is 6. The lowest BCUT2D eigenvalue weighted by Gasteiger charge is -2.45. The Kier molecular flexibility index (Phi) is 38.8. The Bertz CT molecular complexity index is 6100. The average molecular weight is 2220 g/mol. The van der Waals surface area contributed by atoms with E-state index in [2.05, 4.69) is 149 Å². The van der Waals surface area contributed by atoms with Crippen LogP contribution in [-0.2, 0) is 48.2 Å². The van der Waals surface area contributed by atoms with Crippen molar-refractivity contribution >= 4 is 160 Å². The quantitative estimate of drug-likeness (QED) is 0.0288. The third-order valence-electron chi connectivity index (χ3n) is 29.9. The van der Waals surface area contributed by atoms with E-state index in [0.29, 0.717) is 5.38 Å². The number of aromatic nitrogens is 7. The van der Waals surface area contributed by atoms with Crippen LogP contribution >= 0.6 is 11.3 Å². The van der Waals surface area contributed by atoms with Crippen molar-refractivity contribution in [3.63, 3.8) is 0 Å². The number of halogens is 8. The van der Waals surface area contributed by atoms with Crippen molar-refractivity contribution in [3.05, 3.63) is 212 Å². The Morgan fingerprint density at radius 1 is 0.350 bits per heavy atom. The number of para-hydroxylation sites is 2. The minimum atomic E-state index is -3.23. The summed E-state index contributed by atoms with van der Waals surface area (Å²) in [6.45, 7) is 88.5. The van der Waals surface area contributed by atoms with Crippen molar-refractivity contribution in [2.75, 3.05) is 0 Å². The number of furan rings is 1. The van der Waals surface area contributed by atoms with E-state index in [1.54, 1.807) is 17.5 Å². The van der Waals surface area contributed by atoms with Gasteiger partial charge in [-0.05, 0) is 189 Å². The predicted molar refractivity (Wildman–Crippen MR) is 626 cm³/mol. The summed E-state index contributed by atoms with van der Waals surface area (Å²) < 4.78 is 135. The molecule has 143 heavy (non-hydrogen) atoms. The number of unbranched alkanes of at least 4 members (excludes halogenated alkanes) is 2. The van der Waals surface area contributed by atoms with Crippen molar-refractivity contribution in [3.8, 4) is 0 Å². The number of nitrogens with zero attached hydrogens (tertiary/aromatic N) is 7. The highest BCUT2D eigenvalue weighted by molar-refractivity contribution is 7.31. The number of fused-ring (bicyclic) bond motifs is 5. The molecule has 0 spiro atoms. The normalized spacial score (nSPS) is 13.8. The standard InChI is InChI=1S/C19H28FNSi.C17H28FN2Si.2C17H26FNSi.C17H31FOSi.C16H25FN2Si.C16H23FSSi.HI/c1-18(2,3)22(20,19(4,5)6)17-13-10-14-21(17)15-16-11-8-7-9-12-16;1-16(2,3)21(18,17(4,5)6)14-12-13-10-9-11-19(7)15(13)20(14)8;1-16(2,3)20(18,17(4,5)6)15-12-19(7)14-11-9-8-10-13(14)15;1-16(2,3)20(18,17(4,5)6)15-12-13-10-8-9-11-14(13)19(15)7;1-8-9-10-11-14-12-13-15(19-14)20(18,16(2,3)4)17(5,6)7;1-15(2,3)20(17,16(4,5)6)13-11-12-9-8-10-18-14(12)19(13)7;1-15(2,3)19(17,16(4,5)6)14-11-12-9-7-8-10-13(12)18-14;/h7-14H,15H2,1-6H3;9-12H,1-8H3;2*8-12H,1-7H3;12-13H,8-11H2,1-7H3;8-11H,1-7H3;7-11H,1-6H3;1H/q;+1;;;;;;/p-1. The van der Waals surface area contributed by atoms with E-state index in [1.165, 1.54) is 28.5 Å². The molecular weight excluding hydrogens is 2030 g/mol. The van der Waals surface area contributed by atoms with Crippen LogP contribution in [0.25, 0.3) is 54.0 Å². The number of benzene rings is 4. The van der Waals surface area contributed by atoms with Gasteiger partial charge in [0.2, 0.25) is 0 Å². The summed E-state index contributed by atoms with van der Waals surface area (Å²) in [5, 5.41) is 5.76. The van der Waals surface area contributed by atoms with E-state index in [9.17, 15) is 0 Å². The first-order valence-corrected chi connectivity index (χ1v) is 65.6. The molecule has 13 rings (SSSR count). The van der Waals surface area contributed by atoms with E-state index in [1.807, 2.05) is 411 Å². The molecule has 0 atom stereocenters. The molecule has 0 aliphatic rings. The molecule has 0 saturated heterocycles. The Hall–Kier alpha value is -6.38. The first kappa shape index (κ1) is 125. The van der Waals surface area contributed by atoms with E-state index in [0.717, 1.165) is 100.0 Å². The molecule has 8 nitrogen and oxygen atoms in total. The summed E-state index contributed by atoms with van der Waals surface area (Å²) in [7, 11) is -12.4. The summed E-state index contributed by atoms with van der Waals surface area (Å²) in [4.78, 5) is 4.40. The number of hydrogen-bond donors (Lipinski definition) is 0. The van der Waals surface area contributed by atoms with Crippen LogP contribution in [0.5, 0.6) is 0 Å². The van der Waals surface area contributed by atoms with Crippen LogP contribution in [0.3, 0.4) is 0 Å². The van der Waals surface area contributed by atoms with Gasteiger partial charge in [-0.15, -0.1) is 11.3 Å². The minimum Gasteiger partial charge on any atom is -1.00 e. The molecule has 0 bridgehead atoms. The van der Waals surface area contributed by atoms with Crippen molar-refractivity contribution in [1.29, 1.82) is 0 Å². The van der Waals surface area contributed by atoms with Crippen LogP contribution in [0.4, 0.5) is 28.8 Å². The summed E-state index contributed by atoms with van der Waals surface area (Å²) in [6, 6.07) is 58.9. The number of hydrogen-bond acceptors (Lipinski definition) is 3. The molecule has 0 aliphatic carbocycles. The highest BCUT2D eigenvalue weighted by Crippen LogP contribution is 2.59. The van der Waals surface area contributed by atoms with Gasteiger partial charge in [-0.1, -0.05) is 395 Å².